The number of hydrogen-bond acceptors (Lipinski definition) is 5. The minimum Gasteiger partial charge on any atom is -0.335 e. The van der Waals surface area contributed by atoms with Gasteiger partial charge in [0, 0.05) is 24.2 Å². The van der Waals surface area contributed by atoms with Crippen molar-refractivity contribution in [3.8, 4) is 10.6 Å². The Morgan fingerprint density at radius 1 is 1.50 bits per heavy atom. The third-order valence-electron chi connectivity index (χ3n) is 2.83. The van der Waals surface area contributed by atoms with E-state index in [9.17, 15) is 4.79 Å². The van der Waals surface area contributed by atoms with Gasteiger partial charge in [0.05, 0.1) is 11.4 Å². The average Bonchev–Trinajstić information content (AvgIpc) is 2.97. The van der Waals surface area contributed by atoms with Crippen molar-refractivity contribution in [1.29, 1.82) is 0 Å². The van der Waals surface area contributed by atoms with Crippen LogP contribution in [0.5, 0.6) is 0 Å². The first-order valence-corrected chi connectivity index (χ1v) is 6.41. The van der Waals surface area contributed by atoms with E-state index in [0.29, 0.717) is 6.54 Å². The molecule has 0 saturated carbocycles. The lowest BCUT2D eigenvalue weighted by molar-refractivity contribution is -0.118. The molecule has 0 bridgehead atoms. The van der Waals surface area contributed by atoms with Gasteiger partial charge in [0.2, 0.25) is 5.91 Å². The molecule has 18 heavy (non-hydrogen) atoms. The van der Waals surface area contributed by atoms with Crippen molar-refractivity contribution >= 4 is 17.2 Å². The number of carbonyl (C=O) groups excluding carboxylic acids is 1. The highest BCUT2D eigenvalue weighted by Gasteiger charge is 2.29. The second-order valence-electron chi connectivity index (χ2n) is 4.19. The van der Waals surface area contributed by atoms with E-state index in [1.807, 2.05) is 30.3 Å². The third kappa shape index (κ3) is 2.00. The Bertz CT molecular complexity index is 568. The van der Waals surface area contributed by atoms with Crippen molar-refractivity contribution in [2.45, 2.75) is 6.17 Å². The molecule has 1 aliphatic heterocycles. The van der Waals surface area contributed by atoms with Crippen molar-refractivity contribution < 1.29 is 4.79 Å². The van der Waals surface area contributed by atoms with Crippen LogP contribution in [0.25, 0.3) is 10.6 Å². The van der Waals surface area contributed by atoms with Gasteiger partial charge in [-0.2, -0.15) is 0 Å². The van der Waals surface area contributed by atoms with E-state index in [2.05, 4.69) is 15.3 Å². The number of nitrogens with zero attached hydrogens (tertiary/aromatic N) is 3. The summed E-state index contributed by atoms with van der Waals surface area (Å²) in [7, 11) is 1.92. The van der Waals surface area contributed by atoms with Crippen LogP contribution in [-0.2, 0) is 4.79 Å². The van der Waals surface area contributed by atoms with Gasteiger partial charge in [-0.3, -0.25) is 14.7 Å². The largest absolute Gasteiger partial charge is 0.335 e. The van der Waals surface area contributed by atoms with Gasteiger partial charge in [0.15, 0.2) is 0 Å². The molecule has 5 nitrogen and oxygen atoms in total. The van der Waals surface area contributed by atoms with Crippen LogP contribution < -0.4 is 5.32 Å². The SMILES string of the molecule is CN1CC(=O)N[C@H]1c1cnc(-c2cccnc2)s1. The van der Waals surface area contributed by atoms with E-state index in [0.717, 1.165) is 15.4 Å². The number of hydrogen-bond donors (Lipinski definition) is 1. The zero-order valence-electron chi connectivity index (χ0n) is 9.83. The molecule has 0 spiro atoms. The number of carbonyl (C=O) groups is 1. The van der Waals surface area contributed by atoms with E-state index in [1.54, 1.807) is 23.7 Å². The van der Waals surface area contributed by atoms with Gasteiger partial charge in [0.25, 0.3) is 0 Å². The Balaban J connectivity index is 1.88. The van der Waals surface area contributed by atoms with E-state index in [-0.39, 0.29) is 12.1 Å². The number of amides is 1. The minimum atomic E-state index is -0.0552. The zero-order valence-corrected chi connectivity index (χ0v) is 10.6. The van der Waals surface area contributed by atoms with Gasteiger partial charge in [-0.25, -0.2) is 4.98 Å². The number of thiazole rings is 1. The first-order chi connectivity index (χ1) is 8.74. The van der Waals surface area contributed by atoms with Gasteiger partial charge >= 0.3 is 0 Å². The van der Waals surface area contributed by atoms with Crippen LogP contribution in [0.15, 0.2) is 30.7 Å². The minimum absolute atomic E-state index is 0.0545. The Morgan fingerprint density at radius 2 is 2.39 bits per heavy atom. The number of rotatable bonds is 2. The summed E-state index contributed by atoms with van der Waals surface area (Å²) < 4.78 is 0. The maximum Gasteiger partial charge on any atom is 0.235 e. The summed E-state index contributed by atoms with van der Waals surface area (Å²) >= 11 is 1.58. The van der Waals surface area contributed by atoms with Crippen LogP contribution in [0.2, 0.25) is 0 Å². The molecule has 92 valence electrons. The number of nitrogens with one attached hydrogen (secondary N) is 1. The fourth-order valence-electron chi connectivity index (χ4n) is 1.95. The van der Waals surface area contributed by atoms with Crippen molar-refractivity contribution in [1.82, 2.24) is 20.2 Å². The molecule has 2 aromatic rings. The number of likely N-dealkylation sites (N-methyl/N-ethyl adjacent to an activating group) is 1. The van der Waals surface area contributed by atoms with Crippen LogP contribution >= 0.6 is 11.3 Å². The first kappa shape index (κ1) is 11.3. The van der Waals surface area contributed by atoms with Gasteiger partial charge in [-0.1, -0.05) is 0 Å². The molecular weight excluding hydrogens is 248 g/mol. The summed E-state index contributed by atoms with van der Waals surface area (Å²) in [5.41, 5.74) is 1.00. The quantitative estimate of drug-likeness (QED) is 0.883. The maximum atomic E-state index is 11.3. The molecule has 1 atom stereocenters. The van der Waals surface area contributed by atoms with Gasteiger partial charge in [-0.15, -0.1) is 11.3 Å². The summed E-state index contributed by atoms with van der Waals surface area (Å²) in [5, 5.41) is 3.85. The van der Waals surface area contributed by atoms with Crippen LogP contribution in [-0.4, -0.2) is 34.4 Å². The van der Waals surface area contributed by atoms with Crippen molar-refractivity contribution in [2.75, 3.05) is 13.6 Å². The van der Waals surface area contributed by atoms with Crippen LogP contribution in [0.4, 0.5) is 0 Å². The molecule has 1 N–H and O–H groups in total. The lowest BCUT2D eigenvalue weighted by Crippen LogP contribution is -2.23. The molecule has 3 heterocycles. The molecular formula is C12H12N4OS. The van der Waals surface area contributed by atoms with E-state index in [1.165, 1.54) is 0 Å². The Morgan fingerprint density at radius 3 is 3.06 bits per heavy atom. The Labute approximate surface area is 108 Å². The second-order valence-corrected chi connectivity index (χ2v) is 5.26. The standard InChI is InChI=1S/C12H12N4OS/c1-16-7-10(17)15-11(16)9-6-14-12(18-9)8-3-2-4-13-5-8/h2-6,11H,7H2,1H3,(H,15,17)/t11-/m1/s1. The number of pyridine rings is 1. The lowest BCUT2D eigenvalue weighted by Gasteiger charge is -2.15. The van der Waals surface area contributed by atoms with Gasteiger partial charge < -0.3 is 5.32 Å². The predicted molar refractivity (Wildman–Crippen MR) is 68.9 cm³/mol. The van der Waals surface area contributed by atoms with Crippen molar-refractivity contribution in [3.05, 3.63) is 35.6 Å². The monoisotopic (exact) mass is 260 g/mol. The first-order valence-electron chi connectivity index (χ1n) is 5.60. The van der Waals surface area contributed by atoms with Crippen LogP contribution in [0, 0.1) is 0 Å². The molecule has 0 aliphatic carbocycles. The smallest absolute Gasteiger partial charge is 0.235 e. The highest BCUT2D eigenvalue weighted by molar-refractivity contribution is 7.15. The average molecular weight is 260 g/mol. The molecule has 2 aromatic heterocycles. The zero-order chi connectivity index (χ0) is 12.5. The molecule has 0 radical (unpaired) electrons. The third-order valence-corrected chi connectivity index (χ3v) is 3.93. The summed E-state index contributed by atoms with van der Waals surface area (Å²) in [5.74, 6) is 0.0545. The fraction of sp³-hybridized carbons (Fsp3) is 0.250. The summed E-state index contributed by atoms with van der Waals surface area (Å²) in [6.07, 6.45) is 5.29. The Hall–Kier alpha value is -1.79. The van der Waals surface area contributed by atoms with Crippen LogP contribution in [0.3, 0.4) is 0 Å². The van der Waals surface area contributed by atoms with Crippen LogP contribution in [0.1, 0.15) is 11.0 Å². The molecule has 6 heteroatoms. The summed E-state index contributed by atoms with van der Waals surface area (Å²) in [4.78, 5) is 22.8. The van der Waals surface area contributed by atoms with Crippen molar-refractivity contribution in [3.63, 3.8) is 0 Å². The molecule has 1 amide bonds. The van der Waals surface area contributed by atoms with Gasteiger partial charge in [-0.05, 0) is 19.2 Å². The molecule has 3 rings (SSSR count). The summed E-state index contributed by atoms with van der Waals surface area (Å²) in [6.45, 7) is 0.435. The Kier molecular flexibility index (Phi) is 2.81. The normalized spacial score (nSPS) is 20.1. The molecule has 1 aliphatic rings. The maximum absolute atomic E-state index is 11.3. The predicted octanol–water partition coefficient (Wildman–Crippen LogP) is 1.27. The van der Waals surface area contributed by atoms with Gasteiger partial charge in [0.1, 0.15) is 11.2 Å². The fourth-order valence-corrected chi connectivity index (χ4v) is 2.97. The molecule has 0 aromatic carbocycles. The van der Waals surface area contributed by atoms with E-state index >= 15 is 0 Å². The lowest BCUT2D eigenvalue weighted by atomic mass is 10.3. The number of aromatic nitrogens is 2. The summed E-state index contributed by atoms with van der Waals surface area (Å²) in [6, 6.07) is 3.87. The van der Waals surface area contributed by atoms with Crippen molar-refractivity contribution in [2.24, 2.45) is 0 Å². The second kappa shape index (κ2) is 4.47. The molecule has 0 unspecified atom stereocenters. The highest BCUT2D eigenvalue weighted by Crippen LogP contribution is 2.30. The highest BCUT2D eigenvalue weighted by atomic mass is 32.1. The topological polar surface area (TPSA) is 58.1 Å². The van der Waals surface area contributed by atoms with E-state index < -0.39 is 0 Å². The van der Waals surface area contributed by atoms with E-state index in [4.69, 9.17) is 0 Å². The molecule has 1 saturated heterocycles. The molecule has 1 fully saturated rings.